The van der Waals surface area contributed by atoms with Crippen LogP contribution in [0.2, 0.25) is 0 Å². The summed E-state index contributed by atoms with van der Waals surface area (Å²) in [4.78, 5) is 0. The molecule has 0 aromatic rings. The minimum absolute atomic E-state index is 0.685. The maximum Gasteiger partial charge on any atom is 0.0786 e. The molecule has 0 aromatic heterocycles. The maximum absolute atomic E-state index is 9.04. The van der Waals surface area contributed by atoms with Gasteiger partial charge >= 0.3 is 0 Å². The van der Waals surface area contributed by atoms with E-state index < -0.39 is 0 Å². The summed E-state index contributed by atoms with van der Waals surface area (Å²) in [5, 5.41) is 9.04. The van der Waals surface area contributed by atoms with Crippen molar-refractivity contribution in [2.24, 2.45) is 11.8 Å². The van der Waals surface area contributed by atoms with Gasteiger partial charge in [-0.1, -0.05) is 26.7 Å². The summed E-state index contributed by atoms with van der Waals surface area (Å²) >= 11 is 0. The molecule has 0 radical (unpaired) electrons. The molecule has 1 nitrogen and oxygen atoms in total. The van der Waals surface area contributed by atoms with Gasteiger partial charge in [0.05, 0.1) is 6.26 Å². The lowest BCUT2D eigenvalue weighted by Crippen LogP contribution is -1.99. The first-order valence-corrected chi connectivity index (χ1v) is 5.11. The van der Waals surface area contributed by atoms with E-state index in [1.165, 1.54) is 31.1 Å². The smallest absolute Gasteiger partial charge is 0.0786 e. The predicted molar refractivity (Wildman–Crippen MR) is 52.1 cm³/mol. The topological polar surface area (TPSA) is 20.2 Å². The van der Waals surface area contributed by atoms with Crippen molar-refractivity contribution in [3.63, 3.8) is 0 Å². The van der Waals surface area contributed by atoms with Gasteiger partial charge in [0.15, 0.2) is 0 Å². The van der Waals surface area contributed by atoms with Gasteiger partial charge < -0.3 is 5.11 Å². The van der Waals surface area contributed by atoms with Gasteiger partial charge in [0.1, 0.15) is 0 Å². The van der Waals surface area contributed by atoms with Crippen LogP contribution in [0.3, 0.4) is 0 Å². The molecule has 0 saturated heterocycles. The summed E-state index contributed by atoms with van der Waals surface area (Å²) in [6, 6.07) is 0. The van der Waals surface area contributed by atoms with Crippen LogP contribution in [0, 0.1) is 11.8 Å². The predicted octanol–water partition coefficient (Wildman–Crippen LogP) is 3.66. The third-order valence-electron chi connectivity index (χ3n) is 2.92. The number of hydrogen-bond acceptors (Lipinski definition) is 1. The Morgan fingerprint density at radius 1 is 1.50 bits per heavy atom. The van der Waals surface area contributed by atoms with Crippen LogP contribution in [0.1, 0.15) is 46.0 Å². The van der Waals surface area contributed by atoms with Crippen molar-refractivity contribution in [1.82, 2.24) is 0 Å². The highest BCUT2D eigenvalue weighted by Gasteiger charge is 2.23. The normalized spacial score (nSPS) is 31.0. The van der Waals surface area contributed by atoms with E-state index in [4.69, 9.17) is 5.11 Å². The number of hydrogen-bond donors (Lipinski definition) is 1. The fourth-order valence-corrected chi connectivity index (χ4v) is 2.21. The van der Waals surface area contributed by atoms with Gasteiger partial charge in [0.2, 0.25) is 0 Å². The van der Waals surface area contributed by atoms with Gasteiger partial charge in [0.25, 0.3) is 0 Å². The highest BCUT2D eigenvalue weighted by Crippen LogP contribution is 2.36. The van der Waals surface area contributed by atoms with Gasteiger partial charge in [0, 0.05) is 0 Å². The fraction of sp³-hybridized carbons (Fsp3) is 0.818. The molecule has 1 aliphatic rings. The number of aliphatic hydroxyl groups excluding tert-OH is 1. The zero-order valence-corrected chi connectivity index (χ0v) is 8.21. The molecular formula is C11H20O. The third kappa shape index (κ3) is 2.26. The zero-order chi connectivity index (χ0) is 8.97. The SMILES string of the molecule is CCC/C(=C/O)[C@H]1CC[C@@H](C)C1. The van der Waals surface area contributed by atoms with Crippen molar-refractivity contribution in [2.45, 2.75) is 46.0 Å². The highest BCUT2D eigenvalue weighted by molar-refractivity contribution is 5.05. The van der Waals surface area contributed by atoms with Crippen LogP contribution < -0.4 is 0 Å². The quantitative estimate of drug-likeness (QED) is 0.637. The molecule has 2 atom stereocenters. The van der Waals surface area contributed by atoms with Crippen LogP contribution in [0.25, 0.3) is 0 Å². The largest absolute Gasteiger partial charge is 0.516 e. The van der Waals surface area contributed by atoms with E-state index in [0.717, 1.165) is 18.8 Å². The summed E-state index contributed by atoms with van der Waals surface area (Å²) in [6.07, 6.45) is 7.49. The fourth-order valence-electron chi connectivity index (χ4n) is 2.21. The Bertz CT molecular complexity index is 160. The Morgan fingerprint density at radius 2 is 2.25 bits per heavy atom. The average molecular weight is 168 g/mol. The lowest BCUT2D eigenvalue weighted by Gasteiger charge is -2.12. The van der Waals surface area contributed by atoms with Crippen LogP contribution in [-0.2, 0) is 0 Å². The first-order chi connectivity index (χ1) is 5.77. The zero-order valence-electron chi connectivity index (χ0n) is 8.21. The maximum atomic E-state index is 9.04. The van der Waals surface area contributed by atoms with E-state index in [-0.39, 0.29) is 0 Å². The van der Waals surface area contributed by atoms with Gasteiger partial charge in [-0.25, -0.2) is 0 Å². The standard InChI is InChI=1S/C11H20O/c1-3-4-11(8-12)10-6-5-9(2)7-10/h8-10,12H,3-7H2,1-2H3/b11-8-/t9-,10+/m1/s1. The van der Waals surface area contributed by atoms with Crippen molar-refractivity contribution >= 4 is 0 Å². The molecule has 1 fully saturated rings. The third-order valence-corrected chi connectivity index (χ3v) is 2.92. The van der Waals surface area contributed by atoms with Crippen LogP contribution in [-0.4, -0.2) is 5.11 Å². The molecule has 1 aliphatic carbocycles. The summed E-state index contributed by atoms with van der Waals surface area (Å²) in [7, 11) is 0. The van der Waals surface area contributed by atoms with Crippen molar-refractivity contribution in [2.75, 3.05) is 0 Å². The van der Waals surface area contributed by atoms with E-state index in [1.54, 1.807) is 0 Å². The van der Waals surface area contributed by atoms with Crippen molar-refractivity contribution in [3.8, 4) is 0 Å². The highest BCUT2D eigenvalue weighted by atomic mass is 16.2. The number of allylic oxidation sites excluding steroid dienone is 1. The van der Waals surface area contributed by atoms with Crippen molar-refractivity contribution in [1.29, 1.82) is 0 Å². The molecule has 0 amide bonds. The molecule has 12 heavy (non-hydrogen) atoms. The summed E-state index contributed by atoms with van der Waals surface area (Å²) in [6.45, 7) is 4.48. The molecule has 1 rings (SSSR count). The minimum Gasteiger partial charge on any atom is -0.516 e. The van der Waals surface area contributed by atoms with E-state index in [1.807, 2.05) is 0 Å². The Morgan fingerprint density at radius 3 is 2.67 bits per heavy atom. The van der Waals surface area contributed by atoms with E-state index in [2.05, 4.69) is 13.8 Å². The van der Waals surface area contributed by atoms with Gasteiger partial charge in [-0.2, -0.15) is 0 Å². The lowest BCUT2D eigenvalue weighted by molar-refractivity contribution is 0.442. The molecule has 1 heteroatoms. The molecule has 0 aliphatic heterocycles. The molecular weight excluding hydrogens is 148 g/mol. The molecule has 0 heterocycles. The molecule has 70 valence electrons. The lowest BCUT2D eigenvalue weighted by atomic mass is 9.94. The second-order valence-corrected chi connectivity index (χ2v) is 4.07. The first-order valence-electron chi connectivity index (χ1n) is 5.11. The van der Waals surface area contributed by atoms with Gasteiger partial charge in [-0.3, -0.25) is 0 Å². The molecule has 1 saturated carbocycles. The Hall–Kier alpha value is -0.460. The van der Waals surface area contributed by atoms with E-state index >= 15 is 0 Å². The minimum atomic E-state index is 0.685. The number of aliphatic hydroxyl groups is 1. The number of rotatable bonds is 3. The van der Waals surface area contributed by atoms with Crippen LogP contribution >= 0.6 is 0 Å². The molecule has 0 bridgehead atoms. The van der Waals surface area contributed by atoms with Gasteiger partial charge in [-0.15, -0.1) is 0 Å². The van der Waals surface area contributed by atoms with Crippen molar-refractivity contribution < 1.29 is 5.11 Å². The molecule has 0 aromatic carbocycles. The van der Waals surface area contributed by atoms with Crippen molar-refractivity contribution in [3.05, 3.63) is 11.8 Å². The summed E-state index contributed by atoms with van der Waals surface area (Å²) < 4.78 is 0. The summed E-state index contributed by atoms with van der Waals surface area (Å²) in [5.41, 5.74) is 1.28. The second-order valence-electron chi connectivity index (χ2n) is 4.07. The van der Waals surface area contributed by atoms with Gasteiger partial charge in [-0.05, 0) is 36.7 Å². The second kappa shape index (κ2) is 4.54. The Labute approximate surface area is 75.5 Å². The van der Waals surface area contributed by atoms with E-state index in [9.17, 15) is 0 Å². The Kier molecular flexibility index (Phi) is 3.64. The molecule has 0 unspecified atom stereocenters. The monoisotopic (exact) mass is 168 g/mol. The van der Waals surface area contributed by atoms with Crippen LogP contribution in [0.5, 0.6) is 0 Å². The average Bonchev–Trinajstić information content (AvgIpc) is 2.47. The first kappa shape index (κ1) is 9.63. The molecule has 1 N–H and O–H groups in total. The molecule has 0 spiro atoms. The van der Waals surface area contributed by atoms with E-state index in [0.29, 0.717) is 5.92 Å². The Balaban J connectivity index is 2.45. The summed E-state index contributed by atoms with van der Waals surface area (Å²) in [5.74, 6) is 1.55. The van der Waals surface area contributed by atoms with Crippen LogP contribution in [0.15, 0.2) is 11.8 Å². The van der Waals surface area contributed by atoms with Crippen LogP contribution in [0.4, 0.5) is 0 Å².